The Bertz CT molecular complexity index is 484. The Kier molecular flexibility index (Phi) is 12.9. The van der Waals surface area contributed by atoms with Gasteiger partial charge in [0.2, 0.25) is 0 Å². The average Bonchev–Trinajstić information content (AvgIpc) is 3.06. The van der Waals surface area contributed by atoms with Crippen molar-refractivity contribution in [1.29, 1.82) is 0 Å². The molecule has 1 unspecified atom stereocenters. The molecule has 1 rings (SSSR count). The Morgan fingerprint density at radius 2 is 1.84 bits per heavy atom. The smallest absolute Gasteiger partial charge is 0.191 e. The summed E-state index contributed by atoms with van der Waals surface area (Å²) >= 11 is 0. The van der Waals surface area contributed by atoms with Crippen molar-refractivity contribution < 1.29 is 4.52 Å². The number of nitrogens with zero attached hydrogens (tertiary/aromatic N) is 3. The second-order valence-corrected chi connectivity index (χ2v) is 6.11. The average molecular weight is 465 g/mol. The number of nitrogens with one attached hydrogen (secondary N) is 2. The molecule has 0 aliphatic rings. The number of hydrogen-bond acceptors (Lipinski definition) is 4. The number of guanidine groups is 1. The summed E-state index contributed by atoms with van der Waals surface area (Å²) in [4.78, 5) is 6.69. The minimum Gasteiger partial charge on any atom is -0.359 e. The van der Waals surface area contributed by atoms with Crippen LogP contribution >= 0.6 is 24.0 Å². The molecule has 2 N–H and O–H groups in total. The molecule has 6 nitrogen and oxygen atoms in total. The van der Waals surface area contributed by atoms with E-state index >= 15 is 0 Å². The van der Waals surface area contributed by atoms with Gasteiger partial charge in [0.15, 0.2) is 11.7 Å². The van der Waals surface area contributed by atoms with E-state index in [1.54, 1.807) is 7.05 Å². The maximum absolute atomic E-state index is 5.44. The molecule has 1 aromatic heterocycles. The van der Waals surface area contributed by atoms with Gasteiger partial charge >= 0.3 is 0 Å². The zero-order chi connectivity index (χ0) is 17.9. The molecule has 0 aliphatic carbocycles. The van der Waals surface area contributed by atoms with Crippen molar-refractivity contribution >= 4 is 29.9 Å². The minimum absolute atomic E-state index is 0. The third-order valence-electron chi connectivity index (χ3n) is 4.64. The van der Waals surface area contributed by atoms with Crippen LogP contribution in [0.25, 0.3) is 0 Å². The topological polar surface area (TPSA) is 65.7 Å². The van der Waals surface area contributed by atoms with E-state index in [2.05, 4.69) is 66.4 Å². The molecule has 1 heterocycles. The van der Waals surface area contributed by atoms with Crippen molar-refractivity contribution in [2.45, 2.75) is 66.0 Å². The lowest BCUT2D eigenvalue weighted by atomic mass is 9.99. The predicted octanol–water partition coefficient (Wildman–Crippen LogP) is 3.59. The first kappa shape index (κ1) is 24.2. The quantitative estimate of drug-likeness (QED) is 0.314. The number of aliphatic imine (C=N–C) groups is 1. The van der Waals surface area contributed by atoms with Crippen LogP contribution in [0.1, 0.15) is 64.8 Å². The van der Waals surface area contributed by atoms with Crippen LogP contribution in [0.3, 0.4) is 0 Å². The summed E-state index contributed by atoms with van der Waals surface area (Å²) < 4.78 is 5.44. The highest BCUT2D eigenvalue weighted by Gasteiger charge is 2.14. The molecule has 7 heteroatoms. The van der Waals surface area contributed by atoms with Crippen LogP contribution < -0.4 is 10.6 Å². The molecule has 0 spiro atoms. The largest absolute Gasteiger partial charge is 0.359 e. The normalized spacial score (nSPS) is 13.0. The van der Waals surface area contributed by atoms with Crippen molar-refractivity contribution in [3.05, 3.63) is 17.5 Å². The fourth-order valence-corrected chi connectivity index (χ4v) is 2.92. The van der Waals surface area contributed by atoms with Crippen LogP contribution in [-0.2, 0) is 6.54 Å². The fourth-order valence-electron chi connectivity index (χ4n) is 2.92. The Morgan fingerprint density at radius 1 is 1.20 bits per heavy atom. The van der Waals surface area contributed by atoms with Gasteiger partial charge in [-0.2, -0.15) is 0 Å². The van der Waals surface area contributed by atoms with Crippen molar-refractivity contribution in [1.82, 2.24) is 20.7 Å². The van der Waals surface area contributed by atoms with Gasteiger partial charge in [-0.05, 0) is 32.9 Å². The lowest BCUT2D eigenvalue weighted by molar-refractivity contribution is 0.231. The molecule has 0 aliphatic heterocycles. The highest BCUT2D eigenvalue weighted by Crippen LogP contribution is 2.22. The zero-order valence-corrected chi connectivity index (χ0v) is 19.0. The molecule has 0 fully saturated rings. The van der Waals surface area contributed by atoms with Crippen LogP contribution in [0, 0.1) is 0 Å². The maximum atomic E-state index is 5.44. The molecular formula is C18H36IN5O. The van der Waals surface area contributed by atoms with E-state index < -0.39 is 0 Å². The third-order valence-corrected chi connectivity index (χ3v) is 4.64. The minimum atomic E-state index is 0. The van der Waals surface area contributed by atoms with Crippen molar-refractivity contribution in [3.63, 3.8) is 0 Å². The van der Waals surface area contributed by atoms with Crippen LogP contribution in [0.4, 0.5) is 0 Å². The zero-order valence-electron chi connectivity index (χ0n) is 16.6. The van der Waals surface area contributed by atoms with Crippen molar-refractivity contribution in [2.24, 2.45) is 4.99 Å². The van der Waals surface area contributed by atoms with Gasteiger partial charge in [-0.15, -0.1) is 24.0 Å². The Morgan fingerprint density at radius 3 is 2.36 bits per heavy atom. The van der Waals surface area contributed by atoms with E-state index in [1.807, 2.05) is 0 Å². The number of aromatic nitrogens is 1. The highest BCUT2D eigenvalue weighted by atomic mass is 127. The van der Waals surface area contributed by atoms with Gasteiger partial charge in [0.1, 0.15) is 0 Å². The molecule has 0 saturated carbocycles. The van der Waals surface area contributed by atoms with Crippen LogP contribution in [0.2, 0.25) is 0 Å². The second-order valence-electron chi connectivity index (χ2n) is 6.11. The predicted molar refractivity (Wildman–Crippen MR) is 116 cm³/mol. The lowest BCUT2D eigenvalue weighted by Crippen LogP contribution is -2.45. The molecule has 0 bridgehead atoms. The van der Waals surface area contributed by atoms with Gasteiger partial charge in [-0.25, -0.2) is 0 Å². The molecule has 1 atom stereocenters. The summed E-state index contributed by atoms with van der Waals surface area (Å²) in [5.41, 5.74) is 1.05. The van der Waals surface area contributed by atoms with Gasteiger partial charge in [0.25, 0.3) is 0 Å². The number of halogens is 1. The van der Waals surface area contributed by atoms with E-state index in [9.17, 15) is 0 Å². The van der Waals surface area contributed by atoms with Crippen LogP contribution in [-0.4, -0.2) is 48.7 Å². The summed E-state index contributed by atoms with van der Waals surface area (Å²) in [5.74, 6) is 2.11. The Hall–Kier alpha value is -0.830. The maximum Gasteiger partial charge on any atom is 0.191 e. The lowest BCUT2D eigenvalue weighted by Gasteiger charge is -2.27. The highest BCUT2D eigenvalue weighted by molar-refractivity contribution is 14.0. The van der Waals surface area contributed by atoms with Crippen molar-refractivity contribution in [2.75, 3.05) is 26.7 Å². The first-order valence-corrected chi connectivity index (χ1v) is 9.23. The van der Waals surface area contributed by atoms with Crippen molar-refractivity contribution in [3.8, 4) is 0 Å². The first-order valence-electron chi connectivity index (χ1n) is 9.23. The van der Waals surface area contributed by atoms with E-state index in [-0.39, 0.29) is 24.0 Å². The Balaban J connectivity index is 0.00000576. The molecule has 25 heavy (non-hydrogen) atoms. The second kappa shape index (κ2) is 13.4. The number of hydrogen-bond donors (Lipinski definition) is 2. The molecule has 0 amide bonds. The molecule has 146 valence electrons. The number of likely N-dealkylation sites (N-methyl/N-ethyl adjacent to an activating group) is 1. The molecule has 1 aromatic rings. The van der Waals surface area contributed by atoms with E-state index in [0.29, 0.717) is 18.5 Å². The molecule has 0 saturated heterocycles. The molecular weight excluding hydrogens is 429 g/mol. The summed E-state index contributed by atoms with van der Waals surface area (Å²) in [7, 11) is 1.79. The molecule has 0 radical (unpaired) electrons. The number of rotatable bonds is 10. The standard InChI is InChI=1S/C18H35N5O.HI/c1-7-15(8-2)17-11-16(24-22-17)13-21-18(19-6)20-12-14(5)23(9-3)10-4;/h11,14-15H,7-10,12-13H2,1-6H3,(H2,19,20,21);1H. The van der Waals surface area contributed by atoms with Crippen LogP contribution in [0.15, 0.2) is 15.6 Å². The van der Waals surface area contributed by atoms with Gasteiger partial charge in [-0.1, -0.05) is 32.9 Å². The monoisotopic (exact) mass is 465 g/mol. The summed E-state index contributed by atoms with van der Waals surface area (Å²) in [6.07, 6.45) is 2.17. The summed E-state index contributed by atoms with van der Waals surface area (Å²) in [6.45, 7) is 14.5. The summed E-state index contributed by atoms with van der Waals surface area (Å²) in [6, 6.07) is 2.52. The van der Waals surface area contributed by atoms with Gasteiger partial charge < -0.3 is 15.2 Å². The first-order chi connectivity index (χ1) is 11.6. The van der Waals surface area contributed by atoms with E-state index in [4.69, 9.17) is 4.52 Å². The third kappa shape index (κ3) is 7.94. The summed E-state index contributed by atoms with van der Waals surface area (Å²) in [5, 5.41) is 10.9. The van der Waals surface area contributed by atoms with E-state index in [1.165, 1.54) is 0 Å². The molecule has 0 aromatic carbocycles. The SMILES string of the molecule is CCC(CC)c1cc(CNC(=NC)NCC(C)N(CC)CC)on1.I. The van der Waals surface area contributed by atoms with Gasteiger partial charge in [-0.3, -0.25) is 9.89 Å². The van der Waals surface area contributed by atoms with Gasteiger partial charge in [0.05, 0.1) is 12.2 Å². The van der Waals surface area contributed by atoms with Crippen LogP contribution in [0.5, 0.6) is 0 Å². The van der Waals surface area contributed by atoms with E-state index in [0.717, 1.165) is 49.9 Å². The Labute approximate surface area is 170 Å². The van der Waals surface area contributed by atoms with Gasteiger partial charge in [0, 0.05) is 31.6 Å². The fraction of sp³-hybridized carbons (Fsp3) is 0.778.